The number of benzene rings is 1. The van der Waals surface area contributed by atoms with Gasteiger partial charge in [0.25, 0.3) is 5.69 Å². The Hall–Kier alpha value is -1.75. The Bertz CT molecular complexity index is 663. The van der Waals surface area contributed by atoms with E-state index < -0.39 is 10.7 Å². The summed E-state index contributed by atoms with van der Waals surface area (Å²) in [5.74, 6) is -0.908. The minimum absolute atomic E-state index is 0.254. The van der Waals surface area contributed by atoms with E-state index in [2.05, 4.69) is 4.98 Å². The lowest BCUT2D eigenvalue weighted by Crippen LogP contribution is -2.12. The highest BCUT2D eigenvalue weighted by Crippen LogP contribution is 2.36. The number of nitro groups is 1. The van der Waals surface area contributed by atoms with E-state index in [1.54, 1.807) is 19.1 Å². The molecule has 0 aliphatic rings. The number of non-ortho nitro benzene ring substituents is 1. The maximum absolute atomic E-state index is 14.3. The molecule has 0 N–H and O–H groups in total. The summed E-state index contributed by atoms with van der Waals surface area (Å²) in [6.07, 6.45) is 2.17. The molecule has 6 heteroatoms. The third kappa shape index (κ3) is 2.45. The summed E-state index contributed by atoms with van der Waals surface area (Å²) >= 11 is 6.20. The number of aromatic nitrogens is 1. The summed E-state index contributed by atoms with van der Waals surface area (Å²) < 4.78 is 14.3. The van der Waals surface area contributed by atoms with Crippen LogP contribution in [0.25, 0.3) is 10.9 Å². The number of fused-ring (bicyclic) bond motifs is 1. The molecule has 1 heterocycles. The van der Waals surface area contributed by atoms with Gasteiger partial charge in [-0.05, 0) is 18.6 Å². The van der Waals surface area contributed by atoms with Crippen LogP contribution >= 0.6 is 11.6 Å². The number of nitro benzene ring substituents is 1. The van der Waals surface area contributed by atoms with Crippen molar-refractivity contribution >= 4 is 28.2 Å². The summed E-state index contributed by atoms with van der Waals surface area (Å²) in [6, 6.07) is 4.13. The van der Waals surface area contributed by atoms with Crippen LogP contribution in [-0.4, -0.2) is 15.3 Å². The first-order valence-corrected chi connectivity index (χ1v) is 6.76. The van der Waals surface area contributed by atoms with Crippen LogP contribution in [0.4, 0.5) is 10.1 Å². The summed E-state index contributed by atoms with van der Waals surface area (Å²) in [4.78, 5) is 14.5. The number of alkyl halides is 1. The average Bonchev–Trinajstić information content (AvgIpc) is 2.44. The molecular weight excluding hydrogens is 283 g/mol. The molecule has 2 rings (SSSR count). The molecule has 4 nitrogen and oxygen atoms in total. The predicted molar refractivity (Wildman–Crippen MR) is 76.7 cm³/mol. The van der Waals surface area contributed by atoms with Crippen molar-refractivity contribution < 1.29 is 9.31 Å². The van der Waals surface area contributed by atoms with Gasteiger partial charge in [-0.2, -0.15) is 0 Å². The van der Waals surface area contributed by atoms with Gasteiger partial charge in [0.2, 0.25) is 0 Å². The van der Waals surface area contributed by atoms with Crippen LogP contribution in [0.2, 0.25) is 0 Å². The van der Waals surface area contributed by atoms with Gasteiger partial charge in [0.1, 0.15) is 5.82 Å². The number of nitrogens with zero attached hydrogens (tertiary/aromatic N) is 2. The van der Waals surface area contributed by atoms with Crippen molar-refractivity contribution in [1.82, 2.24) is 4.98 Å². The second-order valence-corrected chi connectivity index (χ2v) is 5.22. The Balaban J connectivity index is 2.76. The third-order valence-corrected chi connectivity index (χ3v) is 4.13. The second kappa shape index (κ2) is 5.71. The Kier molecular flexibility index (Phi) is 4.18. The molecule has 0 saturated heterocycles. The van der Waals surface area contributed by atoms with Crippen LogP contribution in [0.15, 0.2) is 24.4 Å². The van der Waals surface area contributed by atoms with Gasteiger partial charge in [-0.25, -0.2) is 4.39 Å². The van der Waals surface area contributed by atoms with Crippen LogP contribution in [-0.2, 0) is 0 Å². The SMILES string of the molecule is CCC(Cl)C(C)c1c(F)cc([N+](=O)[O-])c2cccnc12. The monoisotopic (exact) mass is 296 g/mol. The standard InChI is InChI=1S/C14H14ClFN2O2/c1-3-10(15)8(2)13-11(16)7-12(18(19)20)9-5-4-6-17-14(9)13/h4-8,10H,3H2,1-2H3. The molecule has 2 aromatic rings. The van der Waals surface area contributed by atoms with Crippen molar-refractivity contribution in [3.8, 4) is 0 Å². The smallest absolute Gasteiger partial charge is 0.258 e. The maximum atomic E-state index is 14.3. The third-order valence-electron chi connectivity index (χ3n) is 3.44. The highest BCUT2D eigenvalue weighted by atomic mass is 35.5. The minimum Gasteiger partial charge on any atom is -0.258 e. The van der Waals surface area contributed by atoms with Gasteiger partial charge >= 0.3 is 0 Å². The van der Waals surface area contributed by atoms with Crippen LogP contribution in [0.5, 0.6) is 0 Å². The van der Waals surface area contributed by atoms with Crippen LogP contribution in [0, 0.1) is 15.9 Å². The largest absolute Gasteiger partial charge is 0.281 e. The molecule has 2 atom stereocenters. The van der Waals surface area contributed by atoms with E-state index >= 15 is 0 Å². The Labute approximate surface area is 120 Å². The molecule has 0 bridgehead atoms. The van der Waals surface area contributed by atoms with Crippen molar-refractivity contribution in [2.24, 2.45) is 0 Å². The zero-order chi connectivity index (χ0) is 14.9. The van der Waals surface area contributed by atoms with Crippen molar-refractivity contribution in [3.63, 3.8) is 0 Å². The van der Waals surface area contributed by atoms with E-state index in [-0.39, 0.29) is 17.0 Å². The molecule has 0 saturated carbocycles. The van der Waals surface area contributed by atoms with E-state index in [1.807, 2.05) is 6.92 Å². The maximum Gasteiger partial charge on any atom is 0.281 e. The van der Waals surface area contributed by atoms with Gasteiger partial charge in [0, 0.05) is 23.1 Å². The fourth-order valence-electron chi connectivity index (χ4n) is 2.33. The lowest BCUT2D eigenvalue weighted by Gasteiger charge is -2.19. The molecule has 0 aliphatic carbocycles. The highest BCUT2D eigenvalue weighted by molar-refractivity contribution is 6.21. The molecular formula is C14H14ClFN2O2. The first-order valence-electron chi connectivity index (χ1n) is 6.33. The van der Waals surface area contributed by atoms with Gasteiger partial charge in [0.05, 0.1) is 21.9 Å². The zero-order valence-electron chi connectivity index (χ0n) is 11.1. The number of rotatable bonds is 4. The molecule has 0 spiro atoms. The minimum atomic E-state index is -0.630. The molecule has 20 heavy (non-hydrogen) atoms. The van der Waals surface area contributed by atoms with Gasteiger partial charge < -0.3 is 0 Å². The quantitative estimate of drug-likeness (QED) is 0.477. The topological polar surface area (TPSA) is 56.0 Å². The fourth-order valence-corrected chi connectivity index (χ4v) is 2.46. The van der Waals surface area contributed by atoms with Crippen molar-refractivity contribution in [1.29, 1.82) is 0 Å². The highest BCUT2D eigenvalue weighted by Gasteiger charge is 2.26. The normalized spacial score (nSPS) is 14.2. The summed E-state index contributed by atoms with van der Waals surface area (Å²) in [7, 11) is 0. The van der Waals surface area contributed by atoms with Gasteiger partial charge in [-0.15, -0.1) is 11.6 Å². The fraction of sp³-hybridized carbons (Fsp3) is 0.357. The van der Waals surface area contributed by atoms with Crippen LogP contribution < -0.4 is 0 Å². The first kappa shape index (κ1) is 14.7. The van der Waals surface area contributed by atoms with E-state index in [4.69, 9.17) is 11.6 Å². The summed E-state index contributed by atoms with van der Waals surface area (Å²) in [6.45, 7) is 3.71. The molecule has 1 aromatic carbocycles. The number of pyridine rings is 1. The average molecular weight is 297 g/mol. The van der Waals surface area contributed by atoms with E-state index in [1.165, 1.54) is 6.20 Å². The van der Waals surface area contributed by atoms with Crippen LogP contribution in [0.3, 0.4) is 0 Å². The predicted octanol–water partition coefficient (Wildman–Crippen LogP) is 4.40. The second-order valence-electron chi connectivity index (χ2n) is 4.66. The lowest BCUT2D eigenvalue weighted by atomic mass is 9.92. The summed E-state index contributed by atoms with van der Waals surface area (Å²) in [5, 5.41) is 11.1. The van der Waals surface area contributed by atoms with Crippen LogP contribution in [0.1, 0.15) is 31.7 Å². The molecule has 2 unspecified atom stereocenters. The first-order chi connectivity index (χ1) is 9.47. The Morgan fingerprint density at radius 2 is 2.25 bits per heavy atom. The van der Waals surface area contributed by atoms with Crippen molar-refractivity contribution in [2.45, 2.75) is 31.6 Å². The van der Waals surface area contributed by atoms with Gasteiger partial charge in [-0.1, -0.05) is 13.8 Å². The molecule has 0 radical (unpaired) electrons. The van der Waals surface area contributed by atoms with Crippen molar-refractivity contribution in [3.05, 3.63) is 45.9 Å². The Morgan fingerprint density at radius 1 is 1.55 bits per heavy atom. The number of hydrogen-bond acceptors (Lipinski definition) is 3. The lowest BCUT2D eigenvalue weighted by molar-refractivity contribution is -0.383. The van der Waals surface area contributed by atoms with Gasteiger partial charge in [-0.3, -0.25) is 15.1 Å². The molecule has 0 aliphatic heterocycles. The van der Waals surface area contributed by atoms with E-state index in [0.29, 0.717) is 22.9 Å². The zero-order valence-corrected chi connectivity index (χ0v) is 11.9. The molecule has 0 fully saturated rings. The molecule has 106 valence electrons. The molecule has 1 aromatic heterocycles. The van der Waals surface area contributed by atoms with Crippen molar-refractivity contribution in [2.75, 3.05) is 0 Å². The Morgan fingerprint density at radius 3 is 2.85 bits per heavy atom. The van der Waals surface area contributed by atoms with E-state index in [0.717, 1.165) is 6.07 Å². The van der Waals surface area contributed by atoms with Gasteiger partial charge in [0.15, 0.2) is 0 Å². The summed E-state index contributed by atoms with van der Waals surface area (Å²) in [5.41, 5.74) is 0.378. The number of halogens is 2. The van der Waals surface area contributed by atoms with E-state index in [9.17, 15) is 14.5 Å². The molecule has 0 amide bonds. The number of hydrogen-bond donors (Lipinski definition) is 0.